The largest absolute Gasteiger partial charge is 1.00 e. The normalized spacial score (nSPS) is 12.7. The van der Waals surface area contributed by atoms with Gasteiger partial charge < -0.3 is 31.5 Å². The summed E-state index contributed by atoms with van der Waals surface area (Å²) in [6.45, 7) is 8.29. The van der Waals surface area contributed by atoms with Crippen molar-refractivity contribution < 1.29 is 31.4 Å². The fourth-order valence-electron chi connectivity index (χ4n) is 2.06. The molecule has 118 valence electrons. The molecular weight excluding hydrogens is 294 g/mol. The molecule has 1 aliphatic rings. The Balaban J connectivity index is 0.00000220. The highest BCUT2D eigenvalue weighted by molar-refractivity contribution is 5.90. The van der Waals surface area contributed by atoms with Crippen LogP contribution in [0.3, 0.4) is 0 Å². The van der Waals surface area contributed by atoms with E-state index in [1.54, 1.807) is 18.2 Å². The molecule has 1 aromatic carbocycles. The maximum Gasteiger partial charge on any atom is 0.338 e. The van der Waals surface area contributed by atoms with Crippen molar-refractivity contribution in [1.82, 2.24) is 4.90 Å². The number of benzene rings is 1. The zero-order chi connectivity index (χ0) is 14.4. The standard InChI is InChI=1S/C15H21NO4.ClH/c1-3-16(4-2)7-8-20-15(17)12-5-6-13-14(11-12)19-10-9-18-13;/h5-6,11H,3-4,7-10H2,1-2H3;1H/p-1. The topological polar surface area (TPSA) is 48.0 Å². The lowest BCUT2D eigenvalue weighted by Gasteiger charge is -2.19. The van der Waals surface area contributed by atoms with Crippen molar-refractivity contribution in [3.8, 4) is 11.5 Å². The van der Waals surface area contributed by atoms with Gasteiger partial charge in [-0.25, -0.2) is 4.79 Å². The van der Waals surface area contributed by atoms with Crippen LogP contribution in [0, 0.1) is 0 Å². The van der Waals surface area contributed by atoms with Crippen molar-refractivity contribution in [1.29, 1.82) is 0 Å². The van der Waals surface area contributed by atoms with Gasteiger partial charge in [-0.05, 0) is 31.3 Å². The molecule has 5 nitrogen and oxygen atoms in total. The van der Waals surface area contributed by atoms with Gasteiger partial charge in [0.2, 0.25) is 0 Å². The first-order valence-corrected chi connectivity index (χ1v) is 7.03. The van der Waals surface area contributed by atoms with Crippen LogP contribution in [0.2, 0.25) is 0 Å². The summed E-state index contributed by atoms with van der Waals surface area (Å²) in [7, 11) is 0. The summed E-state index contributed by atoms with van der Waals surface area (Å²) in [5.74, 6) is 0.958. The van der Waals surface area contributed by atoms with Gasteiger partial charge in [-0.1, -0.05) is 13.8 Å². The number of ether oxygens (including phenoxy) is 3. The van der Waals surface area contributed by atoms with E-state index < -0.39 is 0 Å². The predicted molar refractivity (Wildman–Crippen MR) is 75.5 cm³/mol. The van der Waals surface area contributed by atoms with E-state index in [1.165, 1.54) is 0 Å². The van der Waals surface area contributed by atoms with Gasteiger partial charge in [-0.2, -0.15) is 0 Å². The summed E-state index contributed by atoms with van der Waals surface area (Å²) < 4.78 is 16.1. The number of hydrogen-bond donors (Lipinski definition) is 0. The number of likely N-dealkylation sites (N-methyl/N-ethyl adjacent to an activating group) is 1. The molecule has 0 radical (unpaired) electrons. The fourth-order valence-corrected chi connectivity index (χ4v) is 2.06. The predicted octanol–water partition coefficient (Wildman–Crippen LogP) is -1.04. The summed E-state index contributed by atoms with van der Waals surface area (Å²) in [4.78, 5) is 14.2. The smallest absolute Gasteiger partial charge is 0.338 e. The van der Waals surface area contributed by atoms with Gasteiger partial charge in [0, 0.05) is 6.54 Å². The minimum atomic E-state index is -0.325. The maximum atomic E-state index is 12.0. The van der Waals surface area contributed by atoms with E-state index in [2.05, 4.69) is 18.7 Å². The molecule has 0 spiro atoms. The molecule has 0 unspecified atom stereocenters. The third kappa shape index (κ3) is 4.79. The first kappa shape index (κ1) is 17.6. The van der Waals surface area contributed by atoms with E-state index in [0.29, 0.717) is 36.9 Å². The molecular formula is C15H21ClNO4-. The van der Waals surface area contributed by atoms with E-state index >= 15 is 0 Å². The molecule has 0 atom stereocenters. The van der Waals surface area contributed by atoms with Crippen LogP contribution in [0.25, 0.3) is 0 Å². The second-order valence-corrected chi connectivity index (χ2v) is 4.52. The van der Waals surface area contributed by atoms with Gasteiger partial charge in [-0.15, -0.1) is 0 Å². The summed E-state index contributed by atoms with van der Waals surface area (Å²) >= 11 is 0. The molecule has 1 aromatic rings. The van der Waals surface area contributed by atoms with Crippen LogP contribution in [0.4, 0.5) is 0 Å². The highest BCUT2D eigenvalue weighted by atomic mass is 35.5. The molecule has 1 heterocycles. The Morgan fingerprint density at radius 2 is 1.86 bits per heavy atom. The van der Waals surface area contributed by atoms with Gasteiger partial charge in [-0.3, -0.25) is 0 Å². The third-order valence-electron chi connectivity index (χ3n) is 3.31. The Hall–Kier alpha value is -1.46. The van der Waals surface area contributed by atoms with E-state index in [4.69, 9.17) is 14.2 Å². The first-order chi connectivity index (χ1) is 9.74. The maximum absolute atomic E-state index is 12.0. The van der Waals surface area contributed by atoms with Gasteiger partial charge in [0.05, 0.1) is 5.56 Å². The summed E-state index contributed by atoms with van der Waals surface area (Å²) in [6, 6.07) is 5.12. The van der Waals surface area contributed by atoms with Gasteiger partial charge in [0.25, 0.3) is 0 Å². The molecule has 2 rings (SSSR count). The average Bonchev–Trinajstić information content (AvgIpc) is 2.51. The molecule has 0 N–H and O–H groups in total. The summed E-state index contributed by atoms with van der Waals surface area (Å²) in [5.41, 5.74) is 0.494. The van der Waals surface area contributed by atoms with Crippen LogP contribution in [0.5, 0.6) is 11.5 Å². The number of carbonyl (C=O) groups is 1. The number of carbonyl (C=O) groups excluding carboxylic acids is 1. The molecule has 0 saturated heterocycles. The number of halogens is 1. The van der Waals surface area contributed by atoms with Crippen LogP contribution >= 0.6 is 0 Å². The molecule has 0 aromatic heterocycles. The van der Waals surface area contributed by atoms with E-state index in [9.17, 15) is 4.79 Å². The highest BCUT2D eigenvalue weighted by Gasteiger charge is 2.15. The molecule has 0 saturated carbocycles. The Morgan fingerprint density at radius 3 is 2.52 bits per heavy atom. The second kappa shape index (κ2) is 8.74. The minimum absolute atomic E-state index is 0. The quantitative estimate of drug-likeness (QED) is 0.628. The zero-order valence-electron chi connectivity index (χ0n) is 12.4. The number of rotatable bonds is 6. The SMILES string of the molecule is CCN(CC)CCOC(=O)c1ccc2c(c1)OCCO2.[Cl-]. The molecule has 0 amide bonds. The van der Waals surface area contributed by atoms with Crippen LogP contribution in [-0.2, 0) is 4.74 Å². The number of esters is 1. The van der Waals surface area contributed by atoms with Crippen molar-refractivity contribution >= 4 is 5.97 Å². The zero-order valence-corrected chi connectivity index (χ0v) is 13.2. The molecule has 21 heavy (non-hydrogen) atoms. The lowest BCUT2D eigenvalue weighted by Crippen LogP contribution is -3.00. The van der Waals surface area contributed by atoms with E-state index in [1.807, 2.05) is 0 Å². The fraction of sp³-hybridized carbons (Fsp3) is 0.533. The Labute approximate surface area is 131 Å². The van der Waals surface area contributed by atoms with Crippen LogP contribution in [0.15, 0.2) is 18.2 Å². The molecule has 0 aliphatic carbocycles. The van der Waals surface area contributed by atoms with Crippen molar-refractivity contribution in [2.75, 3.05) is 39.5 Å². The lowest BCUT2D eigenvalue weighted by molar-refractivity contribution is -0.0000235. The van der Waals surface area contributed by atoms with Gasteiger partial charge >= 0.3 is 5.97 Å². The van der Waals surface area contributed by atoms with Gasteiger partial charge in [0.1, 0.15) is 19.8 Å². The van der Waals surface area contributed by atoms with Crippen LogP contribution in [-0.4, -0.2) is 50.3 Å². The number of hydrogen-bond acceptors (Lipinski definition) is 5. The van der Waals surface area contributed by atoms with Gasteiger partial charge in [0.15, 0.2) is 11.5 Å². The molecule has 6 heteroatoms. The van der Waals surface area contributed by atoms with Crippen molar-refractivity contribution in [3.63, 3.8) is 0 Å². The molecule has 1 aliphatic heterocycles. The van der Waals surface area contributed by atoms with E-state index in [0.717, 1.165) is 19.6 Å². The van der Waals surface area contributed by atoms with Crippen molar-refractivity contribution in [3.05, 3.63) is 23.8 Å². The summed E-state index contributed by atoms with van der Waals surface area (Å²) in [6.07, 6.45) is 0. The molecule has 0 fully saturated rings. The molecule has 0 bridgehead atoms. The van der Waals surface area contributed by atoms with E-state index in [-0.39, 0.29) is 18.4 Å². The Bertz CT molecular complexity index is 463. The minimum Gasteiger partial charge on any atom is -1.00 e. The van der Waals surface area contributed by atoms with Crippen molar-refractivity contribution in [2.24, 2.45) is 0 Å². The Kier molecular flexibility index (Phi) is 7.32. The average molecular weight is 315 g/mol. The second-order valence-electron chi connectivity index (χ2n) is 4.52. The highest BCUT2D eigenvalue weighted by Crippen LogP contribution is 2.30. The van der Waals surface area contributed by atoms with Crippen LogP contribution in [0.1, 0.15) is 24.2 Å². The number of nitrogens with zero attached hydrogens (tertiary/aromatic N) is 1. The van der Waals surface area contributed by atoms with Crippen LogP contribution < -0.4 is 21.9 Å². The monoisotopic (exact) mass is 314 g/mol. The summed E-state index contributed by atoms with van der Waals surface area (Å²) in [5, 5.41) is 0. The van der Waals surface area contributed by atoms with Crippen molar-refractivity contribution in [2.45, 2.75) is 13.8 Å². The Morgan fingerprint density at radius 1 is 1.19 bits per heavy atom. The number of fused-ring (bicyclic) bond motifs is 1. The first-order valence-electron chi connectivity index (χ1n) is 7.03. The lowest BCUT2D eigenvalue weighted by atomic mass is 10.2. The third-order valence-corrected chi connectivity index (χ3v) is 3.31.